The largest absolute Gasteiger partial charge is 0.463 e. The van der Waals surface area contributed by atoms with Crippen molar-refractivity contribution < 1.29 is 31.9 Å². The van der Waals surface area contributed by atoms with Gasteiger partial charge in [0.1, 0.15) is 17.0 Å². The number of ether oxygens (including phenoxy) is 1. The Morgan fingerprint density at radius 1 is 1.19 bits per heavy atom. The lowest BCUT2D eigenvalue weighted by Gasteiger charge is -2.32. The summed E-state index contributed by atoms with van der Waals surface area (Å²) in [6.07, 6.45) is -4.89. The number of allylic oxidation sites excluding steroid dienone is 3. The van der Waals surface area contributed by atoms with Crippen LogP contribution in [0.25, 0.3) is 11.0 Å². The van der Waals surface area contributed by atoms with E-state index in [2.05, 4.69) is 5.32 Å². The zero-order valence-electron chi connectivity index (χ0n) is 17.3. The van der Waals surface area contributed by atoms with Crippen LogP contribution in [0.5, 0.6) is 0 Å². The molecule has 0 amide bonds. The van der Waals surface area contributed by atoms with Gasteiger partial charge in [0.05, 0.1) is 23.5 Å². The Morgan fingerprint density at radius 2 is 1.87 bits per heavy atom. The van der Waals surface area contributed by atoms with Crippen LogP contribution in [0, 0.1) is 6.92 Å². The highest BCUT2D eigenvalue weighted by Crippen LogP contribution is 2.44. The molecule has 1 aromatic carbocycles. The van der Waals surface area contributed by atoms with Gasteiger partial charge in [-0.15, -0.1) is 0 Å². The van der Waals surface area contributed by atoms with Gasteiger partial charge in [0.2, 0.25) is 0 Å². The first-order chi connectivity index (χ1) is 14.5. The van der Waals surface area contributed by atoms with Crippen molar-refractivity contribution in [3.05, 3.63) is 68.4 Å². The summed E-state index contributed by atoms with van der Waals surface area (Å²) in [5.41, 5.74) is -2.47. The number of aryl methyl sites for hydroxylation is 1. The van der Waals surface area contributed by atoms with Crippen molar-refractivity contribution in [2.75, 3.05) is 6.61 Å². The Hall–Kier alpha value is -3.36. The molecule has 0 fully saturated rings. The molecule has 1 N–H and O–H groups in total. The molecule has 1 aromatic heterocycles. The van der Waals surface area contributed by atoms with Crippen LogP contribution in [0.4, 0.5) is 13.2 Å². The van der Waals surface area contributed by atoms with E-state index in [0.717, 1.165) is 6.92 Å². The molecule has 0 saturated carbocycles. The molecule has 1 unspecified atom stereocenters. The maximum Gasteiger partial charge on any atom is 0.431 e. The molecule has 1 aliphatic rings. The van der Waals surface area contributed by atoms with Crippen LogP contribution in [0.15, 0.2) is 56.0 Å². The molecular weight excluding hydrogens is 415 g/mol. The highest BCUT2D eigenvalue weighted by molar-refractivity contribution is 6.03. The highest BCUT2D eigenvalue weighted by Gasteiger charge is 2.46. The topological polar surface area (TPSA) is 85.6 Å². The summed E-state index contributed by atoms with van der Waals surface area (Å²) in [6.45, 7) is 5.36. The summed E-state index contributed by atoms with van der Waals surface area (Å²) in [5.74, 6) is -2.96. The number of alkyl halides is 3. The number of hydrogen-bond acceptors (Lipinski definition) is 6. The number of dihydropyridines is 1. The van der Waals surface area contributed by atoms with Crippen LogP contribution >= 0.6 is 0 Å². The third-order valence-electron chi connectivity index (χ3n) is 4.94. The number of carbonyl (C=O) groups excluding carboxylic acids is 2. The Labute approximate surface area is 175 Å². The molecular formula is C22H20F3NO5. The number of halogens is 3. The van der Waals surface area contributed by atoms with E-state index in [1.807, 2.05) is 0 Å². The minimum Gasteiger partial charge on any atom is -0.463 e. The van der Waals surface area contributed by atoms with E-state index in [-0.39, 0.29) is 40.2 Å². The maximum absolute atomic E-state index is 13.8. The molecule has 0 bridgehead atoms. The average Bonchev–Trinajstić information content (AvgIpc) is 2.65. The van der Waals surface area contributed by atoms with Gasteiger partial charge < -0.3 is 14.5 Å². The molecule has 2 aromatic rings. The third kappa shape index (κ3) is 3.99. The minimum atomic E-state index is -4.89. The van der Waals surface area contributed by atoms with E-state index in [1.54, 1.807) is 6.92 Å². The van der Waals surface area contributed by atoms with E-state index in [1.165, 1.54) is 38.1 Å². The number of para-hydroxylation sites is 1. The smallest absolute Gasteiger partial charge is 0.431 e. The molecule has 0 radical (unpaired) electrons. The quantitative estimate of drug-likeness (QED) is 0.730. The third-order valence-corrected chi connectivity index (χ3v) is 4.94. The molecule has 1 aliphatic heterocycles. The number of fused-ring (bicyclic) bond motifs is 1. The molecule has 0 saturated heterocycles. The number of benzene rings is 1. The fraction of sp³-hybridized carbons (Fsp3) is 0.318. The minimum absolute atomic E-state index is 0.00859. The molecule has 6 nitrogen and oxygen atoms in total. The van der Waals surface area contributed by atoms with Gasteiger partial charge in [0.25, 0.3) is 0 Å². The van der Waals surface area contributed by atoms with E-state index in [4.69, 9.17) is 9.15 Å². The maximum atomic E-state index is 13.8. The molecule has 0 aliphatic carbocycles. The predicted octanol–water partition coefficient (Wildman–Crippen LogP) is 4.03. The zero-order valence-corrected chi connectivity index (χ0v) is 17.3. The van der Waals surface area contributed by atoms with Crippen molar-refractivity contribution in [2.45, 2.75) is 39.8 Å². The van der Waals surface area contributed by atoms with E-state index in [9.17, 15) is 27.6 Å². The first kappa shape index (κ1) is 22.3. The van der Waals surface area contributed by atoms with Gasteiger partial charge in [-0.25, -0.2) is 4.79 Å². The molecule has 164 valence electrons. The summed E-state index contributed by atoms with van der Waals surface area (Å²) < 4.78 is 52.3. The number of nitrogens with one attached hydrogen (secondary N) is 1. The number of Topliss-reactive ketones (excluding diaryl/α,β-unsaturated/α-hetero) is 1. The highest BCUT2D eigenvalue weighted by atomic mass is 19.4. The average molecular weight is 435 g/mol. The standard InChI is InChI=1S/C22H20F3NO5/c1-5-30-21(29)16-11(3)26-20(22(23,24)25)17(12(4)27)18(16)14-8-6-7-13-15(28)9-10(2)31-19(13)14/h6-9,18,26H,5H2,1-4H3. The van der Waals surface area contributed by atoms with Crippen molar-refractivity contribution in [3.63, 3.8) is 0 Å². The Bertz CT molecular complexity index is 1200. The van der Waals surface area contributed by atoms with Gasteiger partial charge in [-0.05, 0) is 33.8 Å². The molecule has 2 heterocycles. The van der Waals surface area contributed by atoms with E-state index >= 15 is 0 Å². The number of carbonyl (C=O) groups is 2. The van der Waals surface area contributed by atoms with Crippen molar-refractivity contribution in [3.8, 4) is 0 Å². The summed E-state index contributed by atoms with van der Waals surface area (Å²) in [4.78, 5) is 37.7. The van der Waals surface area contributed by atoms with Crippen LogP contribution in [0.2, 0.25) is 0 Å². The van der Waals surface area contributed by atoms with Gasteiger partial charge in [0, 0.05) is 22.9 Å². The Kier molecular flexibility index (Phi) is 5.80. The van der Waals surface area contributed by atoms with Gasteiger partial charge in [-0.3, -0.25) is 9.59 Å². The van der Waals surface area contributed by atoms with Crippen LogP contribution in [-0.2, 0) is 14.3 Å². The number of rotatable bonds is 4. The van der Waals surface area contributed by atoms with Crippen molar-refractivity contribution >= 4 is 22.7 Å². The summed E-state index contributed by atoms with van der Waals surface area (Å²) in [7, 11) is 0. The van der Waals surface area contributed by atoms with Crippen molar-refractivity contribution in [1.82, 2.24) is 5.32 Å². The lowest BCUT2D eigenvalue weighted by molar-refractivity contribution is -0.139. The van der Waals surface area contributed by atoms with Crippen molar-refractivity contribution in [1.29, 1.82) is 0 Å². The summed E-state index contributed by atoms with van der Waals surface area (Å²) in [6, 6.07) is 5.62. The monoisotopic (exact) mass is 435 g/mol. The van der Waals surface area contributed by atoms with Gasteiger partial charge in [0.15, 0.2) is 11.2 Å². The van der Waals surface area contributed by atoms with Crippen molar-refractivity contribution in [2.24, 2.45) is 0 Å². The molecule has 31 heavy (non-hydrogen) atoms. The lowest BCUT2D eigenvalue weighted by atomic mass is 9.78. The number of hydrogen-bond donors (Lipinski definition) is 1. The van der Waals surface area contributed by atoms with Gasteiger partial charge >= 0.3 is 12.1 Å². The zero-order chi connectivity index (χ0) is 23.1. The van der Waals surface area contributed by atoms with Crippen LogP contribution in [-0.4, -0.2) is 24.5 Å². The van der Waals surface area contributed by atoms with Gasteiger partial charge in [-0.1, -0.05) is 12.1 Å². The van der Waals surface area contributed by atoms with Crippen LogP contribution in [0.3, 0.4) is 0 Å². The van der Waals surface area contributed by atoms with E-state index < -0.39 is 40.5 Å². The molecule has 1 atom stereocenters. The fourth-order valence-corrected chi connectivity index (χ4v) is 3.76. The fourth-order valence-electron chi connectivity index (χ4n) is 3.76. The molecule has 0 spiro atoms. The molecule has 3 rings (SSSR count). The molecule has 9 heteroatoms. The Morgan fingerprint density at radius 3 is 2.45 bits per heavy atom. The second-order valence-electron chi connectivity index (χ2n) is 7.11. The van der Waals surface area contributed by atoms with Gasteiger partial charge in [-0.2, -0.15) is 13.2 Å². The summed E-state index contributed by atoms with van der Waals surface area (Å²) >= 11 is 0. The normalized spacial score (nSPS) is 17.1. The second kappa shape index (κ2) is 8.05. The lowest BCUT2D eigenvalue weighted by Crippen LogP contribution is -2.37. The second-order valence-corrected chi connectivity index (χ2v) is 7.11. The number of ketones is 1. The first-order valence-electron chi connectivity index (χ1n) is 9.47. The van der Waals surface area contributed by atoms with E-state index in [0.29, 0.717) is 0 Å². The van der Waals surface area contributed by atoms with Crippen LogP contribution in [0.1, 0.15) is 38.0 Å². The predicted molar refractivity (Wildman–Crippen MR) is 106 cm³/mol. The van der Waals surface area contributed by atoms with Crippen LogP contribution < -0.4 is 10.7 Å². The number of esters is 1. The Balaban J connectivity index is 2.45. The first-order valence-corrected chi connectivity index (χ1v) is 9.47. The summed E-state index contributed by atoms with van der Waals surface area (Å²) in [5, 5.41) is 2.29. The SMILES string of the molecule is CCOC(=O)C1=C(C)NC(C(F)(F)F)=C(C(C)=O)C1c1cccc2c(=O)cc(C)oc12.